The molecular formula is C54H48N2O8. The number of para-hydroxylation sites is 4. The quantitative estimate of drug-likeness (QED) is 0.0798. The SMILES string of the molecule is COc1ccccc1C(O)(c1ccccc1OC)C(NC(=O)C(=O)NC(c1ccc2ccccc2c1)C(O)(c1ccccc1OC)c1ccccc1OC)c1ccc2ccccc2c1. The number of ether oxygens (including phenoxy) is 4. The summed E-state index contributed by atoms with van der Waals surface area (Å²) in [6, 6.07) is 51.7. The molecule has 0 aliphatic rings. The van der Waals surface area contributed by atoms with Crippen molar-refractivity contribution in [3.05, 3.63) is 215 Å². The largest absolute Gasteiger partial charge is 0.496 e. The van der Waals surface area contributed by atoms with Gasteiger partial charge in [0.05, 0.1) is 40.5 Å². The zero-order valence-corrected chi connectivity index (χ0v) is 35.8. The van der Waals surface area contributed by atoms with Crippen LogP contribution >= 0.6 is 0 Å². The van der Waals surface area contributed by atoms with Gasteiger partial charge in [0.25, 0.3) is 0 Å². The van der Waals surface area contributed by atoms with Crippen molar-refractivity contribution < 1.29 is 38.7 Å². The minimum atomic E-state index is -2.12. The van der Waals surface area contributed by atoms with Gasteiger partial charge in [-0.05, 0) is 69.1 Å². The summed E-state index contributed by atoms with van der Waals surface area (Å²) in [5.41, 5.74) is -2.08. The van der Waals surface area contributed by atoms with Crippen molar-refractivity contribution in [2.45, 2.75) is 23.3 Å². The molecule has 2 amide bonds. The van der Waals surface area contributed by atoms with E-state index in [1.807, 2.05) is 72.8 Å². The van der Waals surface area contributed by atoms with E-state index in [-0.39, 0.29) is 0 Å². The predicted octanol–water partition coefficient (Wildman–Crippen LogP) is 8.91. The Kier molecular flexibility index (Phi) is 12.3. The van der Waals surface area contributed by atoms with Gasteiger partial charge in [-0.2, -0.15) is 0 Å². The number of amides is 2. The first kappa shape index (κ1) is 43.0. The third-order valence-corrected chi connectivity index (χ3v) is 11.9. The molecule has 0 aliphatic heterocycles. The number of benzene rings is 8. The van der Waals surface area contributed by atoms with Gasteiger partial charge in [0.1, 0.15) is 34.2 Å². The first-order chi connectivity index (χ1) is 31.1. The van der Waals surface area contributed by atoms with E-state index in [1.165, 1.54) is 28.4 Å². The molecule has 0 aromatic heterocycles. The zero-order valence-electron chi connectivity index (χ0n) is 35.8. The number of hydrogen-bond donors (Lipinski definition) is 4. The Morgan fingerprint density at radius 2 is 0.656 bits per heavy atom. The molecule has 322 valence electrons. The third-order valence-electron chi connectivity index (χ3n) is 11.9. The molecular weight excluding hydrogens is 805 g/mol. The molecule has 0 spiro atoms. The fourth-order valence-electron chi connectivity index (χ4n) is 8.78. The number of hydrogen-bond acceptors (Lipinski definition) is 8. The molecule has 8 aromatic rings. The Labute approximate surface area is 371 Å². The van der Waals surface area contributed by atoms with Gasteiger partial charge in [0.15, 0.2) is 0 Å². The van der Waals surface area contributed by atoms with Crippen LogP contribution in [0.2, 0.25) is 0 Å². The summed E-state index contributed by atoms with van der Waals surface area (Å²) in [6.07, 6.45) is 0. The number of nitrogens with one attached hydrogen (secondary N) is 2. The van der Waals surface area contributed by atoms with Crippen molar-refractivity contribution in [1.82, 2.24) is 10.6 Å². The maximum absolute atomic E-state index is 15.0. The van der Waals surface area contributed by atoms with Gasteiger partial charge >= 0.3 is 11.8 Å². The lowest BCUT2D eigenvalue weighted by atomic mass is 9.75. The van der Waals surface area contributed by atoms with Crippen LogP contribution in [-0.2, 0) is 20.8 Å². The van der Waals surface area contributed by atoms with Gasteiger partial charge in [-0.1, -0.05) is 146 Å². The highest BCUT2D eigenvalue weighted by Gasteiger charge is 2.49. The normalized spacial score (nSPS) is 12.5. The third kappa shape index (κ3) is 7.85. The lowest BCUT2D eigenvalue weighted by molar-refractivity contribution is -0.142. The van der Waals surface area contributed by atoms with E-state index in [0.29, 0.717) is 56.4 Å². The van der Waals surface area contributed by atoms with Crippen molar-refractivity contribution in [2.24, 2.45) is 0 Å². The Bertz CT molecular complexity index is 2670. The summed E-state index contributed by atoms with van der Waals surface area (Å²) in [4.78, 5) is 30.0. The molecule has 10 heteroatoms. The fraction of sp³-hybridized carbons (Fsp3) is 0.148. The smallest absolute Gasteiger partial charge is 0.309 e. The van der Waals surface area contributed by atoms with Crippen LogP contribution in [0.4, 0.5) is 0 Å². The van der Waals surface area contributed by atoms with Crippen molar-refractivity contribution in [2.75, 3.05) is 28.4 Å². The average molecular weight is 853 g/mol. The molecule has 10 nitrogen and oxygen atoms in total. The molecule has 64 heavy (non-hydrogen) atoms. The van der Waals surface area contributed by atoms with Gasteiger partial charge in [0.2, 0.25) is 0 Å². The van der Waals surface area contributed by atoms with Crippen LogP contribution in [0, 0.1) is 0 Å². The minimum absolute atomic E-state index is 0.302. The van der Waals surface area contributed by atoms with Gasteiger partial charge in [0, 0.05) is 22.3 Å². The lowest BCUT2D eigenvalue weighted by Crippen LogP contribution is -2.52. The first-order valence-corrected chi connectivity index (χ1v) is 20.7. The van der Waals surface area contributed by atoms with E-state index in [2.05, 4.69) is 10.6 Å². The maximum Gasteiger partial charge on any atom is 0.309 e. The molecule has 0 bridgehead atoms. The zero-order chi connectivity index (χ0) is 44.8. The van der Waals surface area contributed by atoms with Gasteiger partial charge in [-0.15, -0.1) is 0 Å². The Morgan fingerprint density at radius 1 is 0.391 bits per heavy atom. The van der Waals surface area contributed by atoms with E-state index in [4.69, 9.17) is 18.9 Å². The standard InChI is InChI=1S/C54H48N2O8/c1-61-45-25-13-9-21-41(45)53(59,42-22-10-14-26-46(42)62-2)49(39-31-29-35-17-5-7-19-37(35)33-39)55-51(57)52(58)56-50(40-32-30-36-18-6-8-20-38(36)34-40)54(60,43-23-11-15-27-47(43)63-3)44-24-12-16-28-48(44)64-4/h5-34,49-50,59-60H,1-4H3,(H,55,57)(H,56,58). The number of carbonyl (C=O) groups is 2. The Morgan fingerprint density at radius 3 is 0.953 bits per heavy atom. The minimum Gasteiger partial charge on any atom is -0.496 e. The Hall–Kier alpha value is -7.66. The van der Waals surface area contributed by atoms with Crippen LogP contribution in [0.25, 0.3) is 21.5 Å². The summed E-state index contributed by atoms with van der Waals surface area (Å²) >= 11 is 0. The maximum atomic E-state index is 15.0. The second kappa shape index (κ2) is 18.4. The van der Waals surface area contributed by atoms with Gasteiger partial charge in [-0.25, -0.2) is 0 Å². The van der Waals surface area contributed by atoms with E-state index in [1.54, 1.807) is 109 Å². The summed E-state index contributed by atoms with van der Waals surface area (Å²) in [5.74, 6) is -0.888. The van der Waals surface area contributed by atoms with E-state index in [0.717, 1.165) is 21.5 Å². The fourth-order valence-corrected chi connectivity index (χ4v) is 8.78. The molecule has 0 fully saturated rings. The van der Waals surface area contributed by atoms with Gasteiger partial charge in [-0.3, -0.25) is 9.59 Å². The van der Waals surface area contributed by atoms with Crippen molar-refractivity contribution >= 4 is 33.4 Å². The first-order valence-electron chi connectivity index (χ1n) is 20.7. The highest BCUT2D eigenvalue weighted by molar-refractivity contribution is 6.35. The summed E-state index contributed by atoms with van der Waals surface area (Å²) in [7, 11) is 5.98. The topological polar surface area (TPSA) is 136 Å². The average Bonchev–Trinajstić information content (AvgIpc) is 3.36. The molecule has 4 N–H and O–H groups in total. The van der Waals surface area contributed by atoms with E-state index < -0.39 is 35.1 Å². The highest BCUT2D eigenvalue weighted by Crippen LogP contribution is 2.50. The molecule has 0 heterocycles. The molecule has 0 radical (unpaired) electrons. The lowest BCUT2D eigenvalue weighted by Gasteiger charge is -2.40. The molecule has 0 saturated carbocycles. The number of carbonyl (C=O) groups excluding carboxylic acids is 2. The van der Waals surface area contributed by atoms with Gasteiger partial charge < -0.3 is 39.8 Å². The van der Waals surface area contributed by atoms with Crippen LogP contribution in [0.3, 0.4) is 0 Å². The molecule has 8 rings (SSSR count). The van der Waals surface area contributed by atoms with Crippen LogP contribution in [0.15, 0.2) is 182 Å². The number of aliphatic hydroxyl groups is 2. The summed E-state index contributed by atoms with van der Waals surface area (Å²) in [5, 5.41) is 36.7. The van der Waals surface area contributed by atoms with Crippen LogP contribution in [-0.4, -0.2) is 50.5 Å². The highest BCUT2D eigenvalue weighted by atomic mass is 16.5. The summed E-state index contributed by atoms with van der Waals surface area (Å²) in [6.45, 7) is 0. The molecule has 8 aromatic carbocycles. The second-order valence-electron chi connectivity index (χ2n) is 15.4. The van der Waals surface area contributed by atoms with E-state index >= 15 is 9.59 Å². The predicted molar refractivity (Wildman–Crippen MR) is 248 cm³/mol. The molecule has 0 saturated heterocycles. The number of methoxy groups -OCH3 is 4. The molecule has 2 unspecified atom stereocenters. The van der Waals surface area contributed by atoms with Crippen molar-refractivity contribution in [1.29, 1.82) is 0 Å². The van der Waals surface area contributed by atoms with Crippen LogP contribution in [0.1, 0.15) is 45.5 Å². The van der Waals surface area contributed by atoms with Crippen LogP contribution < -0.4 is 29.6 Å². The Balaban J connectivity index is 1.32. The van der Waals surface area contributed by atoms with Crippen molar-refractivity contribution in [3.8, 4) is 23.0 Å². The molecule has 2 atom stereocenters. The number of rotatable bonds is 14. The van der Waals surface area contributed by atoms with E-state index in [9.17, 15) is 10.2 Å². The monoisotopic (exact) mass is 852 g/mol. The number of fused-ring (bicyclic) bond motifs is 2. The van der Waals surface area contributed by atoms with Crippen LogP contribution in [0.5, 0.6) is 23.0 Å². The van der Waals surface area contributed by atoms with Crippen molar-refractivity contribution in [3.63, 3.8) is 0 Å². The molecule has 0 aliphatic carbocycles. The second-order valence-corrected chi connectivity index (χ2v) is 15.4. The summed E-state index contributed by atoms with van der Waals surface area (Å²) < 4.78 is 23.4.